The number of nitrogen functional groups attached to an aromatic ring is 1. The molecule has 0 aliphatic carbocycles. The normalized spacial score (nSPS) is 8.67. The lowest BCUT2D eigenvalue weighted by molar-refractivity contribution is 0.582. The average molecular weight is 170 g/mol. The molecule has 1 heterocycles. The molecule has 0 bridgehead atoms. The number of rotatable bonds is 1. The van der Waals surface area contributed by atoms with Crippen molar-refractivity contribution in [1.29, 1.82) is 0 Å². The molecule has 0 amide bonds. The number of anilines is 1. The third-order valence-electron chi connectivity index (χ3n) is 1.30. The molecule has 0 aliphatic heterocycles. The van der Waals surface area contributed by atoms with Gasteiger partial charge in [0.15, 0.2) is 0 Å². The molecule has 0 radical (unpaired) electrons. The molecule has 0 aliphatic rings. The van der Waals surface area contributed by atoms with E-state index >= 15 is 0 Å². The zero-order chi connectivity index (χ0) is 9.56. The van der Waals surface area contributed by atoms with Crippen LogP contribution < -0.4 is 5.73 Å². The van der Waals surface area contributed by atoms with Crippen molar-refractivity contribution in [2.75, 3.05) is 5.73 Å². The molecule has 0 saturated carbocycles. The molecule has 0 unspecified atom stereocenters. The minimum absolute atomic E-state index is 0.109. The van der Waals surface area contributed by atoms with Crippen LogP contribution in [-0.4, -0.2) is 4.98 Å². The molecule has 2 nitrogen and oxygen atoms in total. The summed E-state index contributed by atoms with van der Waals surface area (Å²) in [4.78, 5) is 3.60. The monoisotopic (exact) mass is 170 g/mol. The molecule has 68 valence electrons. The number of halogens is 1. The molecule has 2 N–H and O–H groups in total. The highest BCUT2D eigenvalue weighted by atomic mass is 19.1. The average Bonchev–Trinajstić information content (AvgIpc) is 2.13. The molecule has 0 saturated heterocycles. The van der Waals surface area contributed by atoms with Gasteiger partial charge in [0.05, 0.1) is 5.69 Å². The van der Waals surface area contributed by atoms with Crippen molar-refractivity contribution in [3.63, 3.8) is 0 Å². The fourth-order valence-electron chi connectivity index (χ4n) is 0.680. The van der Waals surface area contributed by atoms with E-state index in [1.165, 1.54) is 6.07 Å². The van der Waals surface area contributed by atoms with E-state index in [0.717, 1.165) is 12.1 Å². The molecule has 0 aromatic carbocycles. The summed E-state index contributed by atoms with van der Waals surface area (Å²) in [6.07, 6.45) is 0.733. The predicted octanol–water partition coefficient (Wildman–Crippen LogP) is 2.39. The van der Waals surface area contributed by atoms with Crippen LogP contribution in [0.15, 0.2) is 12.1 Å². The lowest BCUT2D eigenvalue weighted by Gasteiger charge is -1.96. The number of hydrogen-bond acceptors (Lipinski definition) is 2. The van der Waals surface area contributed by atoms with E-state index in [1.807, 2.05) is 20.8 Å². The summed E-state index contributed by atoms with van der Waals surface area (Å²) in [5.74, 6) is -0.570. The first kappa shape index (κ1) is 10.9. The van der Waals surface area contributed by atoms with E-state index in [-0.39, 0.29) is 5.69 Å². The molecule has 0 spiro atoms. The van der Waals surface area contributed by atoms with Gasteiger partial charge in [-0.3, -0.25) is 0 Å². The quantitative estimate of drug-likeness (QED) is 0.657. The SMILES string of the molecule is CC.CCc1ccc(N)c(F)n1. The van der Waals surface area contributed by atoms with E-state index in [1.54, 1.807) is 6.07 Å². The highest BCUT2D eigenvalue weighted by Gasteiger charge is 1.98. The van der Waals surface area contributed by atoms with Crippen LogP contribution in [0.2, 0.25) is 0 Å². The third-order valence-corrected chi connectivity index (χ3v) is 1.30. The minimum Gasteiger partial charge on any atom is -0.395 e. The first-order valence-corrected chi connectivity index (χ1v) is 4.15. The van der Waals surface area contributed by atoms with Gasteiger partial charge in [0.1, 0.15) is 0 Å². The van der Waals surface area contributed by atoms with Gasteiger partial charge in [-0.25, -0.2) is 4.98 Å². The van der Waals surface area contributed by atoms with Crippen molar-refractivity contribution < 1.29 is 4.39 Å². The first-order valence-electron chi connectivity index (χ1n) is 4.15. The van der Waals surface area contributed by atoms with Crippen molar-refractivity contribution >= 4 is 5.69 Å². The zero-order valence-electron chi connectivity index (χ0n) is 7.76. The Morgan fingerprint density at radius 3 is 2.42 bits per heavy atom. The molecular formula is C9H15FN2. The maximum Gasteiger partial charge on any atom is 0.236 e. The lowest BCUT2D eigenvalue weighted by Crippen LogP contribution is -1.96. The van der Waals surface area contributed by atoms with Crippen LogP contribution in [0.4, 0.5) is 10.1 Å². The van der Waals surface area contributed by atoms with Crippen molar-refractivity contribution in [1.82, 2.24) is 4.98 Å². The van der Waals surface area contributed by atoms with Gasteiger partial charge in [-0.2, -0.15) is 4.39 Å². The number of nitrogens with two attached hydrogens (primary N) is 1. The summed E-state index contributed by atoms with van der Waals surface area (Å²) in [5, 5.41) is 0. The molecule has 1 aromatic heterocycles. The Balaban J connectivity index is 0.000000561. The van der Waals surface area contributed by atoms with Gasteiger partial charge in [0.2, 0.25) is 5.95 Å². The van der Waals surface area contributed by atoms with Crippen LogP contribution in [-0.2, 0) is 6.42 Å². The maximum absolute atomic E-state index is 12.5. The number of nitrogens with zero attached hydrogens (tertiary/aromatic N) is 1. The fourth-order valence-corrected chi connectivity index (χ4v) is 0.680. The Morgan fingerprint density at radius 1 is 1.42 bits per heavy atom. The summed E-state index contributed by atoms with van der Waals surface area (Å²) < 4.78 is 12.5. The van der Waals surface area contributed by atoms with Crippen molar-refractivity contribution in [3.8, 4) is 0 Å². The molecular weight excluding hydrogens is 155 g/mol. The van der Waals surface area contributed by atoms with Gasteiger partial charge in [-0.15, -0.1) is 0 Å². The van der Waals surface area contributed by atoms with Crippen LogP contribution >= 0.6 is 0 Å². The molecule has 1 rings (SSSR count). The van der Waals surface area contributed by atoms with Crippen molar-refractivity contribution in [2.45, 2.75) is 27.2 Å². The second kappa shape index (κ2) is 5.52. The Morgan fingerprint density at radius 2 is 2.00 bits per heavy atom. The lowest BCUT2D eigenvalue weighted by atomic mass is 10.3. The summed E-state index contributed by atoms with van der Waals surface area (Å²) >= 11 is 0. The molecule has 0 fully saturated rings. The molecule has 0 atom stereocenters. The van der Waals surface area contributed by atoms with Crippen LogP contribution in [0.25, 0.3) is 0 Å². The highest BCUT2D eigenvalue weighted by Crippen LogP contribution is 2.07. The van der Waals surface area contributed by atoms with Crippen molar-refractivity contribution in [3.05, 3.63) is 23.8 Å². The van der Waals surface area contributed by atoms with Gasteiger partial charge in [0.25, 0.3) is 0 Å². The highest BCUT2D eigenvalue weighted by molar-refractivity contribution is 5.36. The topological polar surface area (TPSA) is 38.9 Å². The number of aryl methyl sites for hydroxylation is 1. The van der Waals surface area contributed by atoms with E-state index in [9.17, 15) is 4.39 Å². The van der Waals surface area contributed by atoms with Gasteiger partial charge < -0.3 is 5.73 Å². The van der Waals surface area contributed by atoms with Gasteiger partial charge >= 0.3 is 0 Å². The second-order valence-electron chi connectivity index (χ2n) is 2.04. The Labute approximate surface area is 72.6 Å². The van der Waals surface area contributed by atoms with E-state index in [4.69, 9.17) is 5.73 Å². The summed E-state index contributed by atoms with van der Waals surface area (Å²) in [6, 6.07) is 3.25. The van der Waals surface area contributed by atoms with E-state index in [2.05, 4.69) is 4.98 Å². The smallest absolute Gasteiger partial charge is 0.236 e. The van der Waals surface area contributed by atoms with Gasteiger partial charge in [-0.1, -0.05) is 20.8 Å². The summed E-state index contributed by atoms with van der Waals surface area (Å²) in [6.45, 7) is 5.91. The predicted molar refractivity (Wildman–Crippen MR) is 49.3 cm³/mol. The van der Waals surface area contributed by atoms with E-state index in [0.29, 0.717) is 0 Å². The first-order chi connectivity index (χ1) is 5.74. The Kier molecular flexibility index (Phi) is 5.00. The largest absolute Gasteiger partial charge is 0.395 e. The maximum atomic E-state index is 12.5. The standard InChI is InChI=1S/C7H9FN2.C2H6/c1-2-5-3-4-6(9)7(8)10-5;1-2/h3-4H,2,9H2,1H3;1-2H3. The molecule has 3 heteroatoms. The Hall–Kier alpha value is -1.12. The Bertz CT molecular complexity index is 236. The summed E-state index contributed by atoms with van der Waals surface area (Å²) in [5.41, 5.74) is 6.04. The van der Waals surface area contributed by atoms with Crippen LogP contribution in [0.3, 0.4) is 0 Å². The number of hydrogen-bond donors (Lipinski definition) is 1. The van der Waals surface area contributed by atoms with Gasteiger partial charge in [-0.05, 0) is 18.6 Å². The third kappa shape index (κ3) is 2.86. The fraction of sp³-hybridized carbons (Fsp3) is 0.444. The minimum atomic E-state index is -0.570. The zero-order valence-corrected chi connectivity index (χ0v) is 7.76. The number of aromatic nitrogens is 1. The second-order valence-corrected chi connectivity index (χ2v) is 2.04. The summed E-state index contributed by atoms with van der Waals surface area (Å²) in [7, 11) is 0. The molecule has 1 aromatic rings. The van der Waals surface area contributed by atoms with E-state index < -0.39 is 5.95 Å². The van der Waals surface area contributed by atoms with Gasteiger partial charge in [0, 0.05) is 5.69 Å². The van der Waals surface area contributed by atoms with Crippen LogP contribution in [0.5, 0.6) is 0 Å². The number of pyridine rings is 1. The van der Waals surface area contributed by atoms with Crippen LogP contribution in [0.1, 0.15) is 26.5 Å². The molecule has 12 heavy (non-hydrogen) atoms. The van der Waals surface area contributed by atoms with Crippen LogP contribution in [0, 0.1) is 5.95 Å². The van der Waals surface area contributed by atoms with Crippen molar-refractivity contribution in [2.24, 2.45) is 0 Å².